The van der Waals surface area contributed by atoms with Crippen molar-refractivity contribution in [3.05, 3.63) is 18.2 Å². The Labute approximate surface area is 162 Å². The normalized spacial score (nSPS) is 14.9. The number of anilines is 2. The molecule has 27 heavy (non-hydrogen) atoms. The van der Waals surface area contributed by atoms with Crippen LogP contribution in [0.5, 0.6) is 0 Å². The molecular formula is C16H17N7O2S2. The molecule has 1 aromatic carbocycles. The summed E-state index contributed by atoms with van der Waals surface area (Å²) in [5, 5.41) is 18.1. The van der Waals surface area contributed by atoms with Gasteiger partial charge in [0.05, 0.1) is 21.5 Å². The van der Waals surface area contributed by atoms with E-state index in [1.165, 1.54) is 30.0 Å². The number of rotatable bonds is 6. The Morgan fingerprint density at radius 1 is 1.33 bits per heavy atom. The lowest BCUT2D eigenvalue weighted by Crippen LogP contribution is -2.22. The third kappa shape index (κ3) is 4.08. The number of hydrogen-bond donors (Lipinski definition) is 2. The number of fused-ring (bicyclic) bond motifs is 1. The van der Waals surface area contributed by atoms with Gasteiger partial charge in [-0.2, -0.15) is 0 Å². The quantitative estimate of drug-likeness (QED) is 0.608. The highest BCUT2D eigenvalue weighted by atomic mass is 32.2. The number of thiazole rings is 1. The average Bonchev–Trinajstić information content (AvgIpc) is 3.22. The second-order valence-electron chi connectivity index (χ2n) is 6.27. The molecule has 0 saturated heterocycles. The molecule has 2 aromatic heterocycles. The minimum absolute atomic E-state index is 0.133. The Bertz CT molecular complexity index is 1010. The summed E-state index contributed by atoms with van der Waals surface area (Å²) in [6, 6.07) is 5.80. The maximum Gasteiger partial charge on any atom is 0.239 e. The van der Waals surface area contributed by atoms with Gasteiger partial charge in [-0.25, -0.2) is 9.67 Å². The summed E-state index contributed by atoms with van der Waals surface area (Å²) in [6.45, 7) is 3.27. The molecule has 2 N–H and O–H groups in total. The van der Waals surface area contributed by atoms with Crippen LogP contribution < -0.4 is 10.6 Å². The number of benzene rings is 1. The molecule has 1 saturated carbocycles. The van der Waals surface area contributed by atoms with E-state index >= 15 is 0 Å². The molecule has 140 valence electrons. The molecule has 11 heteroatoms. The summed E-state index contributed by atoms with van der Waals surface area (Å²) in [5.41, 5.74) is 1.47. The molecule has 1 fully saturated rings. The van der Waals surface area contributed by atoms with Crippen molar-refractivity contribution in [2.75, 3.05) is 10.6 Å². The van der Waals surface area contributed by atoms with E-state index in [9.17, 15) is 9.59 Å². The van der Waals surface area contributed by atoms with Gasteiger partial charge in [0.1, 0.15) is 0 Å². The lowest BCUT2D eigenvalue weighted by atomic mass is 10.3. The second kappa shape index (κ2) is 7.24. The van der Waals surface area contributed by atoms with Crippen molar-refractivity contribution in [3.63, 3.8) is 0 Å². The van der Waals surface area contributed by atoms with Gasteiger partial charge in [0, 0.05) is 12.6 Å². The van der Waals surface area contributed by atoms with E-state index < -0.39 is 0 Å². The van der Waals surface area contributed by atoms with Crippen molar-refractivity contribution in [2.45, 2.75) is 43.1 Å². The zero-order chi connectivity index (χ0) is 19.0. The lowest BCUT2D eigenvalue weighted by Gasteiger charge is -2.09. The Morgan fingerprint density at radius 2 is 2.15 bits per heavy atom. The molecule has 1 atom stereocenters. The van der Waals surface area contributed by atoms with Crippen molar-refractivity contribution in [1.29, 1.82) is 0 Å². The second-order valence-corrected chi connectivity index (χ2v) is 8.61. The highest BCUT2D eigenvalue weighted by Gasteiger charge is 2.29. The predicted molar refractivity (Wildman–Crippen MR) is 104 cm³/mol. The van der Waals surface area contributed by atoms with Gasteiger partial charge in [-0.05, 0) is 48.4 Å². The third-order valence-corrected chi connectivity index (χ3v) is 5.93. The number of nitrogens with zero attached hydrogens (tertiary/aromatic N) is 5. The van der Waals surface area contributed by atoms with Gasteiger partial charge >= 0.3 is 0 Å². The molecule has 0 radical (unpaired) electrons. The van der Waals surface area contributed by atoms with Crippen LogP contribution in [0.3, 0.4) is 0 Å². The van der Waals surface area contributed by atoms with E-state index in [-0.39, 0.29) is 17.1 Å². The topological polar surface area (TPSA) is 115 Å². The average molecular weight is 403 g/mol. The van der Waals surface area contributed by atoms with E-state index in [0.29, 0.717) is 22.0 Å². The predicted octanol–water partition coefficient (Wildman–Crippen LogP) is 2.70. The molecule has 0 bridgehead atoms. The third-order valence-electron chi connectivity index (χ3n) is 3.95. The maximum absolute atomic E-state index is 12.5. The number of carbonyl (C=O) groups is 2. The van der Waals surface area contributed by atoms with Crippen LogP contribution in [0.25, 0.3) is 10.2 Å². The molecule has 2 amide bonds. The summed E-state index contributed by atoms with van der Waals surface area (Å²) < 4.78 is 2.67. The van der Waals surface area contributed by atoms with Crippen molar-refractivity contribution in [2.24, 2.45) is 0 Å². The fourth-order valence-corrected chi connectivity index (χ4v) is 4.26. The molecule has 1 unspecified atom stereocenters. The molecule has 0 spiro atoms. The SMILES string of the molecule is CC(=O)Nc1ccc2nc(NC(=O)C(C)Sc3nnnn3C3CC3)sc2c1. The summed E-state index contributed by atoms with van der Waals surface area (Å²) in [6.07, 6.45) is 2.15. The molecule has 3 aromatic rings. The molecular weight excluding hydrogens is 386 g/mol. The molecule has 9 nitrogen and oxygen atoms in total. The highest BCUT2D eigenvalue weighted by Crippen LogP contribution is 2.37. The standard InChI is InChI=1S/C16H17N7O2S2/c1-8(26-16-20-21-22-23(16)11-4-5-11)14(25)19-15-18-12-6-3-10(17-9(2)24)7-13(12)27-15/h3,6-8,11H,4-5H2,1-2H3,(H,17,24)(H,18,19,25). The Hall–Kier alpha value is -2.53. The van der Waals surface area contributed by atoms with Crippen LogP contribution in [0.15, 0.2) is 23.4 Å². The largest absolute Gasteiger partial charge is 0.326 e. The van der Waals surface area contributed by atoms with E-state index in [2.05, 4.69) is 31.1 Å². The van der Waals surface area contributed by atoms with Gasteiger partial charge in [-0.15, -0.1) is 5.10 Å². The van der Waals surface area contributed by atoms with Crippen molar-refractivity contribution in [1.82, 2.24) is 25.2 Å². The summed E-state index contributed by atoms with van der Waals surface area (Å²) in [5.74, 6) is -0.293. The van der Waals surface area contributed by atoms with Gasteiger partial charge in [-0.1, -0.05) is 23.1 Å². The van der Waals surface area contributed by atoms with Crippen LogP contribution in [0.2, 0.25) is 0 Å². The molecule has 2 heterocycles. The monoisotopic (exact) mass is 403 g/mol. The van der Waals surface area contributed by atoms with Gasteiger partial charge in [0.2, 0.25) is 17.0 Å². The first-order chi connectivity index (χ1) is 13.0. The van der Waals surface area contributed by atoms with Crippen LogP contribution >= 0.6 is 23.1 Å². The minimum Gasteiger partial charge on any atom is -0.326 e. The van der Waals surface area contributed by atoms with E-state index in [0.717, 1.165) is 23.1 Å². The van der Waals surface area contributed by atoms with E-state index in [4.69, 9.17) is 0 Å². The summed E-state index contributed by atoms with van der Waals surface area (Å²) in [7, 11) is 0. The fourth-order valence-electron chi connectivity index (χ4n) is 2.49. The number of amides is 2. The van der Waals surface area contributed by atoms with Gasteiger partial charge in [0.25, 0.3) is 0 Å². The number of tetrazole rings is 1. The zero-order valence-electron chi connectivity index (χ0n) is 14.7. The van der Waals surface area contributed by atoms with Crippen LogP contribution in [0, 0.1) is 0 Å². The number of hydrogen-bond acceptors (Lipinski definition) is 8. The van der Waals surface area contributed by atoms with Gasteiger partial charge in [0.15, 0.2) is 5.13 Å². The lowest BCUT2D eigenvalue weighted by molar-refractivity contribution is -0.115. The number of aromatic nitrogens is 5. The van der Waals surface area contributed by atoms with Crippen molar-refractivity contribution in [3.8, 4) is 0 Å². The van der Waals surface area contributed by atoms with Crippen LogP contribution in [-0.2, 0) is 9.59 Å². The van der Waals surface area contributed by atoms with Gasteiger partial charge in [-0.3, -0.25) is 9.59 Å². The Kier molecular flexibility index (Phi) is 4.79. The van der Waals surface area contributed by atoms with Gasteiger partial charge < -0.3 is 10.6 Å². The Morgan fingerprint density at radius 3 is 2.89 bits per heavy atom. The van der Waals surface area contributed by atoms with E-state index in [1.54, 1.807) is 10.7 Å². The number of carbonyl (C=O) groups excluding carboxylic acids is 2. The first kappa shape index (κ1) is 17.9. The first-order valence-corrected chi connectivity index (χ1v) is 10.1. The summed E-state index contributed by atoms with van der Waals surface area (Å²) >= 11 is 2.69. The number of thioether (sulfide) groups is 1. The Balaban J connectivity index is 1.43. The van der Waals surface area contributed by atoms with E-state index in [1.807, 2.05) is 19.1 Å². The van der Waals surface area contributed by atoms with Crippen molar-refractivity contribution >= 4 is 55.9 Å². The van der Waals surface area contributed by atoms with Crippen molar-refractivity contribution < 1.29 is 9.59 Å². The molecule has 0 aliphatic heterocycles. The number of nitrogens with one attached hydrogen (secondary N) is 2. The molecule has 1 aliphatic rings. The summed E-state index contributed by atoms with van der Waals surface area (Å²) in [4.78, 5) is 28.1. The minimum atomic E-state index is -0.365. The maximum atomic E-state index is 12.5. The van der Waals surface area contributed by atoms with Crippen LogP contribution in [-0.4, -0.2) is 42.3 Å². The van der Waals surface area contributed by atoms with Crippen LogP contribution in [0.1, 0.15) is 32.7 Å². The highest BCUT2D eigenvalue weighted by molar-refractivity contribution is 8.00. The smallest absolute Gasteiger partial charge is 0.239 e. The van der Waals surface area contributed by atoms with Crippen LogP contribution in [0.4, 0.5) is 10.8 Å². The fraction of sp³-hybridized carbons (Fsp3) is 0.375. The zero-order valence-corrected chi connectivity index (χ0v) is 16.3. The molecule has 4 rings (SSSR count). The first-order valence-electron chi connectivity index (χ1n) is 8.43. The molecule has 1 aliphatic carbocycles.